The number of rotatable bonds is 5. The van der Waals surface area contributed by atoms with Gasteiger partial charge < -0.3 is 4.74 Å². The van der Waals surface area contributed by atoms with Crippen LogP contribution in [0.25, 0.3) is 0 Å². The summed E-state index contributed by atoms with van der Waals surface area (Å²) in [7, 11) is -3.34. The van der Waals surface area contributed by atoms with E-state index in [1.54, 1.807) is 42.5 Å². The molecule has 0 saturated heterocycles. The van der Waals surface area contributed by atoms with Gasteiger partial charge in [-0.05, 0) is 55.3 Å². The first kappa shape index (κ1) is 17.8. The van der Waals surface area contributed by atoms with Crippen LogP contribution in [0.4, 0.5) is 5.69 Å². The van der Waals surface area contributed by atoms with Crippen LogP contribution in [0.3, 0.4) is 0 Å². The number of anilines is 1. The molecule has 0 unspecified atom stereocenters. The maximum atomic E-state index is 12.4. The highest BCUT2D eigenvalue weighted by Gasteiger charge is 2.32. The Morgan fingerprint density at radius 2 is 2.04 bits per heavy atom. The lowest BCUT2D eigenvalue weighted by atomic mass is 10.0. The molecule has 0 saturated carbocycles. The van der Waals surface area contributed by atoms with Crippen LogP contribution in [0.5, 0.6) is 5.75 Å². The second-order valence-corrected chi connectivity index (χ2v) is 8.42. The van der Waals surface area contributed by atoms with Crippen molar-refractivity contribution in [1.29, 1.82) is 0 Å². The Labute approximate surface area is 152 Å². The molecule has 3 rings (SSSR count). The van der Waals surface area contributed by atoms with E-state index < -0.39 is 10.0 Å². The molecule has 0 bridgehead atoms. The van der Waals surface area contributed by atoms with Crippen molar-refractivity contribution in [2.75, 3.05) is 17.2 Å². The lowest BCUT2D eigenvalue weighted by Gasteiger charge is -2.21. The number of Topliss-reactive ketones (excluding diaryl/α,β-unsaturated/α-hetero) is 1. The topological polar surface area (TPSA) is 63.7 Å². The van der Waals surface area contributed by atoms with Crippen LogP contribution in [0.15, 0.2) is 42.5 Å². The maximum Gasteiger partial charge on any atom is 0.232 e. The molecule has 25 heavy (non-hydrogen) atoms. The van der Waals surface area contributed by atoms with E-state index in [1.165, 1.54) is 10.6 Å². The van der Waals surface area contributed by atoms with Gasteiger partial charge in [0.05, 0.1) is 11.9 Å². The highest BCUT2D eigenvalue weighted by atomic mass is 35.5. The zero-order valence-corrected chi connectivity index (χ0v) is 15.5. The van der Waals surface area contributed by atoms with Gasteiger partial charge in [-0.1, -0.05) is 17.7 Å². The fourth-order valence-corrected chi connectivity index (χ4v) is 4.51. The SMILES string of the molecule is C[C@@H]1Cc2cc(C(=O)COc3cccc(Cl)c3)ccc2N1S(C)(=O)=O. The molecule has 0 aromatic heterocycles. The van der Waals surface area contributed by atoms with Crippen LogP contribution >= 0.6 is 11.6 Å². The lowest BCUT2D eigenvalue weighted by Crippen LogP contribution is -2.34. The Kier molecular flexibility index (Phi) is 4.75. The summed E-state index contributed by atoms with van der Waals surface area (Å²) in [5, 5.41) is 0.539. The number of carbonyl (C=O) groups excluding carboxylic acids is 1. The summed E-state index contributed by atoms with van der Waals surface area (Å²) in [6.45, 7) is 1.75. The Balaban J connectivity index is 1.76. The maximum absolute atomic E-state index is 12.4. The minimum Gasteiger partial charge on any atom is -0.485 e. The quantitative estimate of drug-likeness (QED) is 0.747. The van der Waals surface area contributed by atoms with Crippen molar-refractivity contribution >= 4 is 33.1 Å². The largest absolute Gasteiger partial charge is 0.485 e. The Bertz CT molecular complexity index is 926. The molecule has 2 aromatic carbocycles. The van der Waals surface area contributed by atoms with Crippen LogP contribution in [0, 0.1) is 0 Å². The van der Waals surface area contributed by atoms with Crippen molar-refractivity contribution < 1.29 is 17.9 Å². The van der Waals surface area contributed by atoms with Crippen molar-refractivity contribution in [3.63, 3.8) is 0 Å². The second kappa shape index (κ2) is 6.69. The van der Waals surface area contributed by atoms with Gasteiger partial charge in [0, 0.05) is 16.6 Å². The number of sulfonamides is 1. The number of hydrogen-bond donors (Lipinski definition) is 0. The molecular formula is C18H18ClNO4S. The van der Waals surface area contributed by atoms with Gasteiger partial charge in [0.2, 0.25) is 10.0 Å². The molecule has 1 heterocycles. The normalized spacial score (nSPS) is 16.6. The Hall–Kier alpha value is -2.05. The molecule has 7 heteroatoms. The van der Waals surface area contributed by atoms with Gasteiger partial charge in [0.1, 0.15) is 5.75 Å². The molecule has 1 aliphatic rings. The van der Waals surface area contributed by atoms with E-state index in [0.717, 1.165) is 5.56 Å². The smallest absolute Gasteiger partial charge is 0.232 e. The van der Waals surface area contributed by atoms with Crippen molar-refractivity contribution in [1.82, 2.24) is 0 Å². The van der Waals surface area contributed by atoms with Gasteiger partial charge in [-0.2, -0.15) is 0 Å². The zero-order chi connectivity index (χ0) is 18.2. The number of benzene rings is 2. The molecular weight excluding hydrogens is 362 g/mol. The number of ketones is 1. The van der Waals surface area contributed by atoms with Crippen molar-refractivity contribution in [3.8, 4) is 5.75 Å². The van der Waals surface area contributed by atoms with Gasteiger partial charge in [0.25, 0.3) is 0 Å². The average molecular weight is 380 g/mol. The highest BCUT2D eigenvalue weighted by Crippen LogP contribution is 2.34. The molecule has 0 N–H and O–H groups in total. The summed E-state index contributed by atoms with van der Waals surface area (Å²) in [5.74, 6) is 0.354. The summed E-state index contributed by atoms with van der Waals surface area (Å²) in [6.07, 6.45) is 1.77. The number of fused-ring (bicyclic) bond motifs is 1. The third kappa shape index (κ3) is 3.80. The first-order valence-corrected chi connectivity index (χ1v) is 10.0. The monoisotopic (exact) mass is 379 g/mol. The third-order valence-corrected chi connectivity index (χ3v) is 5.58. The van der Waals surface area contributed by atoms with Gasteiger partial charge in [-0.25, -0.2) is 8.42 Å². The van der Waals surface area contributed by atoms with E-state index in [-0.39, 0.29) is 18.4 Å². The molecule has 1 aliphatic heterocycles. The van der Waals surface area contributed by atoms with Gasteiger partial charge in [-0.3, -0.25) is 9.10 Å². The molecule has 1 atom stereocenters. The molecule has 0 spiro atoms. The molecule has 132 valence electrons. The van der Waals surface area contributed by atoms with Crippen LogP contribution in [-0.4, -0.2) is 33.1 Å². The summed E-state index contributed by atoms with van der Waals surface area (Å²) in [4.78, 5) is 12.4. The van der Waals surface area contributed by atoms with E-state index in [9.17, 15) is 13.2 Å². The van der Waals surface area contributed by atoms with Crippen LogP contribution in [-0.2, 0) is 16.4 Å². The minimum atomic E-state index is -3.34. The molecule has 0 aliphatic carbocycles. The van der Waals surface area contributed by atoms with Crippen LogP contribution < -0.4 is 9.04 Å². The third-order valence-electron chi connectivity index (χ3n) is 4.08. The zero-order valence-electron chi connectivity index (χ0n) is 13.9. The van der Waals surface area contributed by atoms with Crippen LogP contribution in [0.1, 0.15) is 22.8 Å². The lowest BCUT2D eigenvalue weighted by molar-refractivity contribution is 0.0921. The predicted molar refractivity (Wildman–Crippen MR) is 98.2 cm³/mol. The highest BCUT2D eigenvalue weighted by molar-refractivity contribution is 7.92. The molecule has 0 radical (unpaired) electrons. The summed E-state index contributed by atoms with van der Waals surface area (Å²) < 4.78 is 30.8. The number of carbonyl (C=O) groups is 1. The Morgan fingerprint density at radius 1 is 1.28 bits per heavy atom. The average Bonchev–Trinajstić information content (AvgIpc) is 2.87. The number of ether oxygens (including phenoxy) is 1. The van der Waals surface area contributed by atoms with E-state index in [0.29, 0.717) is 28.4 Å². The van der Waals surface area contributed by atoms with Gasteiger partial charge in [-0.15, -0.1) is 0 Å². The number of nitrogens with zero attached hydrogens (tertiary/aromatic N) is 1. The predicted octanol–water partition coefficient (Wildman–Crippen LogP) is 3.31. The van der Waals surface area contributed by atoms with E-state index in [1.807, 2.05) is 6.92 Å². The van der Waals surface area contributed by atoms with Gasteiger partial charge in [0.15, 0.2) is 12.4 Å². The summed E-state index contributed by atoms with van der Waals surface area (Å²) >= 11 is 5.89. The van der Waals surface area contributed by atoms with E-state index in [2.05, 4.69) is 0 Å². The van der Waals surface area contributed by atoms with E-state index in [4.69, 9.17) is 16.3 Å². The van der Waals surface area contributed by atoms with Crippen molar-refractivity contribution in [2.24, 2.45) is 0 Å². The van der Waals surface area contributed by atoms with Crippen molar-refractivity contribution in [3.05, 3.63) is 58.6 Å². The fourth-order valence-electron chi connectivity index (χ4n) is 3.07. The second-order valence-electron chi connectivity index (χ2n) is 6.12. The standard InChI is InChI=1S/C18H18ClNO4S/c1-12-8-14-9-13(6-7-17(14)20(12)25(2,22)23)18(21)11-24-16-5-3-4-15(19)10-16/h3-7,9-10,12H,8,11H2,1-2H3/t12-/m1/s1. The van der Waals surface area contributed by atoms with Crippen LogP contribution in [0.2, 0.25) is 5.02 Å². The molecule has 2 aromatic rings. The van der Waals surface area contributed by atoms with Gasteiger partial charge >= 0.3 is 0 Å². The molecule has 5 nitrogen and oxygen atoms in total. The fraction of sp³-hybridized carbons (Fsp3) is 0.278. The molecule has 0 fully saturated rings. The minimum absolute atomic E-state index is 0.107. The first-order chi connectivity index (χ1) is 11.8. The summed E-state index contributed by atoms with van der Waals surface area (Å²) in [5.41, 5.74) is 2.00. The number of hydrogen-bond acceptors (Lipinski definition) is 4. The number of halogens is 1. The summed E-state index contributed by atoms with van der Waals surface area (Å²) in [6, 6.07) is 11.8. The molecule has 0 amide bonds. The first-order valence-electron chi connectivity index (χ1n) is 7.79. The van der Waals surface area contributed by atoms with Crippen molar-refractivity contribution in [2.45, 2.75) is 19.4 Å². The Morgan fingerprint density at radius 3 is 2.72 bits per heavy atom. The van der Waals surface area contributed by atoms with E-state index >= 15 is 0 Å².